The minimum absolute atomic E-state index is 0.132. The number of thiophene rings is 1. The molecule has 2 aromatic heterocycles. The van der Waals surface area contributed by atoms with Crippen LogP contribution in [0.25, 0.3) is 10.2 Å². The van der Waals surface area contributed by atoms with Gasteiger partial charge in [0.25, 0.3) is 0 Å². The first-order chi connectivity index (χ1) is 10.2. The van der Waals surface area contributed by atoms with Gasteiger partial charge in [0, 0.05) is 0 Å². The van der Waals surface area contributed by atoms with E-state index in [1.807, 2.05) is 6.07 Å². The highest BCUT2D eigenvalue weighted by molar-refractivity contribution is 7.21. The molecular weight excluding hydrogens is 306 g/mol. The fraction of sp³-hybridized carbons (Fsp3) is 0.429. The fourth-order valence-electron chi connectivity index (χ4n) is 1.85. The van der Waals surface area contributed by atoms with Crippen molar-refractivity contribution in [1.29, 1.82) is 5.26 Å². The first kappa shape index (κ1) is 16.0. The first-order valence-corrected chi connectivity index (χ1v) is 7.27. The number of rotatable bonds is 3. The van der Waals surface area contributed by atoms with E-state index in [0.717, 1.165) is 11.3 Å². The van der Waals surface area contributed by atoms with Gasteiger partial charge in [0.1, 0.15) is 23.1 Å². The van der Waals surface area contributed by atoms with Crippen LogP contribution in [0, 0.1) is 11.3 Å². The van der Waals surface area contributed by atoms with Gasteiger partial charge in [0.15, 0.2) is 5.69 Å². The van der Waals surface area contributed by atoms with E-state index in [1.165, 1.54) is 11.8 Å². The molecule has 0 fully saturated rings. The standard InChI is InChI=1S/C14H15N3O4S/c1-14(2,3)21-11(18)7-17-9-5-10(13(19)20-4)22-12(9)8(6-15)16-17/h5H,7H2,1-4H3. The summed E-state index contributed by atoms with van der Waals surface area (Å²) in [6.07, 6.45) is 0. The Kier molecular flexibility index (Phi) is 4.19. The number of fused-ring (bicyclic) bond motifs is 1. The Hall–Kier alpha value is -2.40. The van der Waals surface area contributed by atoms with E-state index in [4.69, 9.17) is 10.00 Å². The molecule has 0 saturated carbocycles. The Morgan fingerprint density at radius 2 is 2.14 bits per heavy atom. The minimum atomic E-state index is -0.604. The van der Waals surface area contributed by atoms with Crippen LogP contribution in [0.15, 0.2) is 6.07 Å². The van der Waals surface area contributed by atoms with Gasteiger partial charge in [-0.25, -0.2) is 4.79 Å². The summed E-state index contributed by atoms with van der Waals surface area (Å²) in [4.78, 5) is 23.8. The van der Waals surface area contributed by atoms with Gasteiger partial charge < -0.3 is 9.47 Å². The highest BCUT2D eigenvalue weighted by Crippen LogP contribution is 2.29. The molecule has 0 aliphatic carbocycles. The fourth-order valence-corrected chi connectivity index (χ4v) is 2.86. The number of hydrogen-bond donors (Lipinski definition) is 0. The van der Waals surface area contributed by atoms with Gasteiger partial charge in [0.2, 0.25) is 0 Å². The van der Waals surface area contributed by atoms with Gasteiger partial charge in [0.05, 0.1) is 17.3 Å². The minimum Gasteiger partial charge on any atom is -0.465 e. The Bertz CT molecular complexity index is 776. The molecule has 0 unspecified atom stereocenters. The lowest BCUT2D eigenvalue weighted by Crippen LogP contribution is -2.26. The molecule has 2 rings (SSSR count). The maximum Gasteiger partial charge on any atom is 0.348 e. The third-order valence-corrected chi connectivity index (χ3v) is 3.73. The topological polar surface area (TPSA) is 94.2 Å². The summed E-state index contributed by atoms with van der Waals surface area (Å²) in [5.74, 6) is -0.957. The van der Waals surface area contributed by atoms with Crippen LogP contribution < -0.4 is 0 Å². The Balaban J connectivity index is 2.38. The number of nitriles is 1. The van der Waals surface area contributed by atoms with E-state index in [0.29, 0.717) is 15.1 Å². The van der Waals surface area contributed by atoms with E-state index in [2.05, 4.69) is 9.84 Å². The van der Waals surface area contributed by atoms with Gasteiger partial charge in [-0.15, -0.1) is 11.3 Å². The molecule has 0 saturated heterocycles. The number of carbonyl (C=O) groups excluding carboxylic acids is 2. The van der Waals surface area contributed by atoms with Crippen LogP contribution in [-0.4, -0.2) is 34.4 Å². The summed E-state index contributed by atoms with van der Waals surface area (Å²) < 4.78 is 11.8. The van der Waals surface area contributed by atoms with Gasteiger partial charge >= 0.3 is 11.9 Å². The zero-order valence-electron chi connectivity index (χ0n) is 12.7. The quantitative estimate of drug-likeness (QED) is 0.804. The van der Waals surface area contributed by atoms with Crippen LogP contribution in [0.5, 0.6) is 0 Å². The lowest BCUT2D eigenvalue weighted by atomic mass is 10.2. The van der Waals surface area contributed by atoms with Crippen molar-refractivity contribution < 1.29 is 19.1 Å². The monoisotopic (exact) mass is 321 g/mol. The first-order valence-electron chi connectivity index (χ1n) is 6.46. The summed E-state index contributed by atoms with van der Waals surface area (Å²) in [5, 5.41) is 13.2. The molecule has 2 aromatic rings. The van der Waals surface area contributed by atoms with E-state index in [1.54, 1.807) is 26.8 Å². The van der Waals surface area contributed by atoms with E-state index >= 15 is 0 Å². The van der Waals surface area contributed by atoms with Gasteiger partial charge in [-0.1, -0.05) is 0 Å². The van der Waals surface area contributed by atoms with Gasteiger partial charge in [-0.05, 0) is 26.8 Å². The smallest absolute Gasteiger partial charge is 0.348 e. The molecule has 0 amide bonds. The van der Waals surface area contributed by atoms with Crippen molar-refractivity contribution in [3.8, 4) is 6.07 Å². The summed E-state index contributed by atoms with van der Waals surface area (Å²) in [6, 6.07) is 3.52. The van der Waals surface area contributed by atoms with Crippen molar-refractivity contribution in [2.24, 2.45) is 0 Å². The molecule has 0 N–H and O–H groups in total. The van der Waals surface area contributed by atoms with Gasteiger partial charge in [-0.3, -0.25) is 9.48 Å². The average Bonchev–Trinajstić information content (AvgIpc) is 2.96. The largest absolute Gasteiger partial charge is 0.465 e. The molecule has 0 radical (unpaired) electrons. The van der Waals surface area contributed by atoms with Crippen LogP contribution in [-0.2, 0) is 20.8 Å². The predicted molar refractivity (Wildman–Crippen MR) is 79.5 cm³/mol. The Morgan fingerprint density at radius 1 is 1.45 bits per heavy atom. The number of ether oxygens (including phenoxy) is 2. The molecule has 0 aliphatic heterocycles. The molecule has 22 heavy (non-hydrogen) atoms. The molecule has 0 atom stereocenters. The summed E-state index contributed by atoms with van der Waals surface area (Å²) in [5.41, 5.74) is 0.0965. The second kappa shape index (κ2) is 5.77. The second-order valence-electron chi connectivity index (χ2n) is 5.52. The molecule has 8 heteroatoms. The zero-order valence-corrected chi connectivity index (χ0v) is 13.5. The van der Waals surface area contributed by atoms with Crippen molar-refractivity contribution in [3.05, 3.63) is 16.6 Å². The molecule has 0 spiro atoms. The lowest BCUT2D eigenvalue weighted by Gasteiger charge is -2.19. The zero-order chi connectivity index (χ0) is 16.5. The van der Waals surface area contributed by atoms with Gasteiger partial charge in [-0.2, -0.15) is 10.4 Å². The molecule has 2 heterocycles. The van der Waals surface area contributed by atoms with Crippen molar-refractivity contribution in [2.45, 2.75) is 32.9 Å². The Labute approximate surface area is 131 Å². The number of carbonyl (C=O) groups is 2. The maximum absolute atomic E-state index is 11.9. The van der Waals surface area contributed by atoms with Crippen molar-refractivity contribution in [1.82, 2.24) is 9.78 Å². The number of esters is 2. The lowest BCUT2D eigenvalue weighted by molar-refractivity contribution is -0.155. The highest BCUT2D eigenvalue weighted by atomic mass is 32.1. The highest BCUT2D eigenvalue weighted by Gasteiger charge is 2.22. The summed E-state index contributed by atoms with van der Waals surface area (Å²) in [7, 11) is 1.28. The predicted octanol–water partition coefficient (Wildman–Crippen LogP) is 2.10. The average molecular weight is 321 g/mol. The molecule has 0 bridgehead atoms. The number of hydrogen-bond acceptors (Lipinski definition) is 7. The number of methoxy groups -OCH3 is 1. The molecule has 7 nitrogen and oxygen atoms in total. The molecule has 0 aromatic carbocycles. The van der Waals surface area contributed by atoms with E-state index in [-0.39, 0.29) is 12.2 Å². The summed E-state index contributed by atoms with van der Waals surface area (Å²) >= 11 is 1.11. The molecular formula is C14H15N3O4S. The van der Waals surface area contributed by atoms with E-state index in [9.17, 15) is 9.59 Å². The van der Waals surface area contributed by atoms with Crippen molar-refractivity contribution in [3.63, 3.8) is 0 Å². The third-order valence-electron chi connectivity index (χ3n) is 2.62. The van der Waals surface area contributed by atoms with Crippen molar-refractivity contribution >= 4 is 33.5 Å². The number of aromatic nitrogens is 2. The third kappa shape index (κ3) is 3.26. The van der Waals surface area contributed by atoms with Crippen molar-refractivity contribution in [2.75, 3.05) is 7.11 Å². The molecule has 0 aliphatic rings. The maximum atomic E-state index is 11.9. The molecule has 116 valence electrons. The SMILES string of the molecule is COC(=O)c1cc2c(s1)c(C#N)nn2CC(=O)OC(C)(C)C. The van der Waals surface area contributed by atoms with Crippen LogP contribution in [0.1, 0.15) is 36.1 Å². The van der Waals surface area contributed by atoms with Crippen LogP contribution in [0.2, 0.25) is 0 Å². The Morgan fingerprint density at radius 3 is 2.68 bits per heavy atom. The second-order valence-corrected chi connectivity index (χ2v) is 6.57. The van der Waals surface area contributed by atoms with Crippen LogP contribution in [0.3, 0.4) is 0 Å². The van der Waals surface area contributed by atoms with Crippen LogP contribution >= 0.6 is 11.3 Å². The normalized spacial score (nSPS) is 11.2. The van der Waals surface area contributed by atoms with Crippen LogP contribution in [0.4, 0.5) is 0 Å². The van der Waals surface area contributed by atoms with E-state index < -0.39 is 17.5 Å². The number of nitrogens with zero attached hydrogens (tertiary/aromatic N) is 3. The summed E-state index contributed by atoms with van der Waals surface area (Å²) in [6.45, 7) is 5.17.